The minimum atomic E-state index is -0.691. The van der Waals surface area contributed by atoms with E-state index in [0.29, 0.717) is 16.5 Å². The smallest absolute Gasteiger partial charge is 0.344 e. The molecule has 0 spiro atoms. The topological polar surface area (TPSA) is 74.6 Å². The fourth-order valence-electron chi connectivity index (χ4n) is 2.94. The Labute approximate surface area is 162 Å². The average Bonchev–Trinajstić information content (AvgIpc) is 2.73. The number of nitrogens with zero attached hydrogens (tertiary/aromatic N) is 1. The molecule has 0 saturated carbocycles. The molecule has 3 rings (SSSR count). The molecule has 0 radical (unpaired) electrons. The summed E-state index contributed by atoms with van der Waals surface area (Å²) in [5.41, 5.74) is 1.76. The lowest BCUT2D eigenvalue weighted by Crippen LogP contribution is -2.22. The van der Waals surface area contributed by atoms with Gasteiger partial charge in [0.2, 0.25) is 0 Å². The minimum absolute atomic E-state index is 0.206. The van der Waals surface area contributed by atoms with E-state index in [1.54, 1.807) is 31.2 Å². The summed E-state index contributed by atoms with van der Waals surface area (Å²) in [4.78, 5) is 37.1. The number of benzene rings is 2. The Kier molecular flexibility index (Phi) is 5.89. The maximum absolute atomic E-state index is 12.9. The van der Waals surface area contributed by atoms with Gasteiger partial charge in [-0.05, 0) is 37.1 Å². The monoisotopic (exact) mass is 379 g/mol. The van der Waals surface area contributed by atoms with Crippen molar-refractivity contribution in [2.24, 2.45) is 0 Å². The number of carbonyl (C=O) groups is 2. The number of fused-ring (bicyclic) bond motifs is 1. The van der Waals surface area contributed by atoms with E-state index >= 15 is 0 Å². The summed E-state index contributed by atoms with van der Waals surface area (Å²) in [6.07, 6.45) is 2.34. The van der Waals surface area contributed by atoms with Crippen LogP contribution in [-0.4, -0.2) is 29.7 Å². The molecule has 0 N–H and O–H groups in total. The van der Waals surface area contributed by atoms with Gasteiger partial charge in [-0.3, -0.25) is 9.36 Å². The van der Waals surface area contributed by atoms with Crippen molar-refractivity contribution in [3.05, 3.63) is 76.2 Å². The average molecular weight is 379 g/mol. The first-order valence-electron chi connectivity index (χ1n) is 9.11. The van der Waals surface area contributed by atoms with Gasteiger partial charge in [-0.25, -0.2) is 9.59 Å². The van der Waals surface area contributed by atoms with Crippen LogP contribution in [0.2, 0.25) is 0 Å². The zero-order chi connectivity index (χ0) is 20.1. The summed E-state index contributed by atoms with van der Waals surface area (Å²) in [6, 6.07) is 14.4. The molecule has 0 aliphatic carbocycles. The third kappa shape index (κ3) is 3.96. The highest BCUT2D eigenvalue weighted by molar-refractivity contribution is 6.04. The summed E-state index contributed by atoms with van der Waals surface area (Å²) in [7, 11) is 0. The Bertz CT molecular complexity index is 1070. The quantitative estimate of drug-likeness (QED) is 0.615. The number of ether oxygens (including phenoxy) is 2. The molecular weight excluding hydrogens is 358 g/mol. The van der Waals surface area contributed by atoms with Crippen LogP contribution >= 0.6 is 0 Å². The molecule has 0 fully saturated rings. The SMILES string of the molecule is CCOC(=O)COC(=O)c1cn(-c2ccc(CC)cc2)c(=O)c2ccccc12. The Morgan fingerprint density at radius 3 is 2.25 bits per heavy atom. The van der Waals surface area contributed by atoms with E-state index in [1.807, 2.05) is 24.3 Å². The zero-order valence-corrected chi connectivity index (χ0v) is 15.8. The molecule has 0 unspecified atom stereocenters. The number of carbonyl (C=O) groups excluding carboxylic acids is 2. The molecule has 6 nitrogen and oxygen atoms in total. The van der Waals surface area contributed by atoms with E-state index in [2.05, 4.69) is 6.92 Å². The van der Waals surface area contributed by atoms with Crippen LogP contribution in [0.5, 0.6) is 0 Å². The van der Waals surface area contributed by atoms with E-state index in [9.17, 15) is 14.4 Å². The fourth-order valence-corrected chi connectivity index (χ4v) is 2.94. The largest absolute Gasteiger partial charge is 0.463 e. The maximum atomic E-state index is 12.9. The van der Waals surface area contributed by atoms with Gasteiger partial charge in [-0.2, -0.15) is 0 Å². The number of hydrogen-bond acceptors (Lipinski definition) is 5. The molecule has 0 amide bonds. The zero-order valence-electron chi connectivity index (χ0n) is 15.8. The molecule has 2 aromatic carbocycles. The van der Waals surface area contributed by atoms with Crippen molar-refractivity contribution >= 4 is 22.7 Å². The first-order valence-corrected chi connectivity index (χ1v) is 9.11. The number of rotatable bonds is 6. The van der Waals surface area contributed by atoms with Crippen molar-refractivity contribution in [1.82, 2.24) is 4.57 Å². The minimum Gasteiger partial charge on any atom is -0.463 e. The van der Waals surface area contributed by atoms with Crippen LogP contribution in [-0.2, 0) is 20.7 Å². The summed E-state index contributed by atoms with van der Waals surface area (Å²) < 4.78 is 11.3. The van der Waals surface area contributed by atoms with Crippen molar-refractivity contribution in [3.63, 3.8) is 0 Å². The maximum Gasteiger partial charge on any atom is 0.344 e. The summed E-state index contributed by atoms with van der Waals surface area (Å²) >= 11 is 0. The van der Waals surface area contributed by atoms with Crippen molar-refractivity contribution in [2.45, 2.75) is 20.3 Å². The van der Waals surface area contributed by atoms with Crippen LogP contribution < -0.4 is 5.56 Å². The van der Waals surface area contributed by atoms with Gasteiger partial charge in [0.15, 0.2) is 6.61 Å². The highest BCUT2D eigenvalue weighted by Crippen LogP contribution is 2.19. The predicted octanol–water partition coefficient (Wildman–Crippen LogP) is 3.27. The third-order valence-corrected chi connectivity index (χ3v) is 4.39. The van der Waals surface area contributed by atoms with Gasteiger partial charge >= 0.3 is 11.9 Å². The lowest BCUT2D eigenvalue weighted by Gasteiger charge is -2.12. The van der Waals surface area contributed by atoms with Gasteiger partial charge in [-0.1, -0.05) is 37.3 Å². The summed E-state index contributed by atoms with van der Waals surface area (Å²) in [5, 5.41) is 0.871. The van der Waals surface area contributed by atoms with Crippen LogP contribution in [0.4, 0.5) is 0 Å². The molecule has 0 saturated heterocycles. The normalized spacial score (nSPS) is 10.6. The van der Waals surface area contributed by atoms with Crippen molar-refractivity contribution in [2.75, 3.05) is 13.2 Å². The Morgan fingerprint density at radius 1 is 0.929 bits per heavy atom. The fraction of sp³-hybridized carbons (Fsp3) is 0.227. The summed E-state index contributed by atoms with van der Waals surface area (Å²) in [6.45, 7) is 3.45. The molecule has 28 heavy (non-hydrogen) atoms. The van der Waals surface area contributed by atoms with Gasteiger partial charge in [-0.15, -0.1) is 0 Å². The number of pyridine rings is 1. The number of aromatic nitrogens is 1. The first-order chi connectivity index (χ1) is 13.5. The highest BCUT2D eigenvalue weighted by Gasteiger charge is 2.18. The second-order valence-corrected chi connectivity index (χ2v) is 6.16. The van der Waals surface area contributed by atoms with Crippen molar-refractivity contribution in [3.8, 4) is 5.69 Å². The van der Waals surface area contributed by atoms with Crippen LogP contribution in [0.1, 0.15) is 29.8 Å². The highest BCUT2D eigenvalue weighted by atomic mass is 16.6. The molecule has 0 aliphatic heterocycles. The van der Waals surface area contributed by atoms with Crippen LogP contribution in [0.3, 0.4) is 0 Å². The lowest BCUT2D eigenvalue weighted by molar-refractivity contribution is -0.146. The lowest BCUT2D eigenvalue weighted by atomic mass is 10.1. The molecular formula is C22H21NO5. The molecule has 0 atom stereocenters. The van der Waals surface area contributed by atoms with Crippen molar-refractivity contribution < 1.29 is 19.1 Å². The second kappa shape index (κ2) is 8.52. The van der Waals surface area contributed by atoms with Crippen molar-refractivity contribution in [1.29, 1.82) is 0 Å². The van der Waals surface area contributed by atoms with Gasteiger partial charge in [0.25, 0.3) is 5.56 Å². The Hall–Kier alpha value is -3.41. The van der Waals surface area contributed by atoms with Gasteiger partial charge in [0.05, 0.1) is 12.2 Å². The Balaban J connectivity index is 2.06. The molecule has 3 aromatic rings. The molecule has 1 heterocycles. The Morgan fingerprint density at radius 2 is 1.61 bits per heavy atom. The number of aryl methyl sites for hydroxylation is 1. The number of hydrogen-bond donors (Lipinski definition) is 0. The van der Waals surface area contributed by atoms with Gasteiger partial charge in [0.1, 0.15) is 0 Å². The molecule has 0 aliphatic rings. The van der Waals surface area contributed by atoms with E-state index in [4.69, 9.17) is 9.47 Å². The predicted molar refractivity (Wildman–Crippen MR) is 106 cm³/mol. The van der Waals surface area contributed by atoms with Gasteiger partial charge in [0, 0.05) is 22.7 Å². The van der Waals surface area contributed by atoms with Gasteiger partial charge < -0.3 is 9.47 Å². The second-order valence-electron chi connectivity index (χ2n) is 6.16. The van der Waals surface area contributed by atoms with Crippen LogP contribution in [0, 0.1) is 0 Å². The van der Waals surface area contributed by atoms with Crippen LogP contribution in [0.15, 0.2) is 59.5 Å². The molecule has 1 aromatic heterocycles. The van der Waals surface area contributed by atoms with Crippen LogP contribution in [0.25, 0.3) is 16.5 Å². The first kappa shape index (κ1) is 19.4. The molecule has 0 bridgehead atoms. The third-order valence-electron chi connectivity index (χ3n) is 4.39. The standard InChI is InChI=1S/C22H21NO5/c1-3-15-9-11-16(12-10-15)23-13-19(22(26)28-14-20(24)27-4-2)17-7-5-6-8-18(17)21(23)25/h5-13H,3-4,14H2,1-2H3. The number of esters is 2. The summed E-state index contributed by atoms with van der Waals surface area (Å²) in [5.74, 6) is -1.31. The molecule has 6 heteroatoms. The van der Waals surface area contributed by atoms with E-state index in [-0.39, 0.29) is 17.7 Å². The van der Waals surface area contributed by atoms with E-state index in [0.717, 1.165) is 12.0 Å². The molecule has 144 valence electrons. The van der Waals surface area contributed by atoms with E-state index < -0.39 is 18.5 Å². The van der Waals surface area contributed by atoms with E-state index in [1.165, 1.54) is 10.8 Å².